The number of nitrogens with zero attached hydrogens (tertiary/aromatic N) is 2. The van der Waals surface area contributed by atoms with Gasteiger partial charge in [0.25, 0.3) is 0 Å². The van der Waals surface area contributed by atoms with Crippen molar-refractivity contribution in [1.82, 2.24) is 9.97 Å². The molecule has 0 atom stereocenters. The highest BCUT2D eigenvalue weighted by molar-refractivity contribution is 6.29. The first-order valence-electron chi connectivity index (χ1n) is 6.89. The van der Waals surface area contributed by atoms with Gasteiger partial charge in [-0.15, -0.1) is 0 Å². The number of carboxylic acids is 1. The SMILES string of the molecule is O=C(CCCNc1cc(Cl)ncn1)Nc1ccc(C(=O)O)cc1. The van der Waals surface area contributed by atoms with Crippen molar-refractivity contribution < 1.29 is 14.7 Å². The van der Waals surface area contributed by atoms with E-state index in [0.29, 0.717) is 36.0 Å². The molecule has 1 amide bonds. The lowest BCUT2D eigenvalue weighted by Crippen LogP contribution is -2.13. The standard InChI is InChI=1S/C15H15ClN4O3/c16-12-8-13(19-9-18-12)17-7-1-2-14(21)20-11-5-3-10(4-6-11)15(22)23/h3-6,8-9H,1-2,7H2,(H,20,21)(H,22,23)(H,17,18,19). The van der Waals surface area contributed by atoms with Gasteiger partial charge in [0, 0.05) is 24.7 Å². The van der Waals surface area contributed by atoms with Crippen LogP contribution in [0, 0.1) is 0 Å². The van der Waals surface area contributed by atoms with Crippen LogP contribution in [0.3, 0.4) is 0 Å². The maximum absolute atomic E-state index is 11.8. The topological polar surface area (TPSA) is 104 Å². The van der Waals surface area contributed by atoms with Crippen LogP contribution < -0.4 is 10.6 Å². The van der Waals surface area contributed by atoms with Crippen molar-refractivity contribution in [2.24, 2.45) is 0 Å². The Bertz CT molecular complexity index is 691. The van der Waals surface area contributed by atoms with Crippen LogP contribution in [0.4, 0.5) is 11.5 Å². The molecule has 1 aromatic carbocycles. The molecule has 7 nitrogen and oxygen atoms in total. The Morgan fingerprint density at radius 3 is 2.57 bits per heavy atom. The Hall–Kier alpha value is -2.67. The zero-order valence-corrected chi connectivity index (χ0v) is 12.9. The number of benzene rings is 1. The number of carbonyl (C=O) groups excluding carboxylic acids is 1. The van der Waals surface area contributed by atoms with Crippen LogP contribution in [-0.2, 0) is 4.79 Å². The molecule has 0 aliphatic heterocycles. The third-order valence-corrected chi connectivity index (χ3v) is 3.14. The second-order valence-electron chi connectivity index (χ2n) is 4.69. The van der Waals surface area contributed by atoms with E-state index in [1.165, 1.54) is 18.5 Å². The predicted molar refractivity (Wildman–Crippen MR) is 86.8 cm³/mol. The fourth-order valence-electron chi connectivity index (χ4n) is 1.82. The molecule has 1 heterocycles. The summed E-state index contributed by atoms with van der Waals surface area (Å²) in [7, 11) is 0. The van der Waals surface area contributed by atoms with Gasteiger partial charge in [0.1, 0.15) is 17.3 Å². The minimum Gasteiger partial charge on any atom is -0.478 e. The molecule has 0 radical (unpaired) electrons. The number of amides is 1. The molecular weight excluding hydrogens is 320 g/mol. The summed E-state index contributed by atoms with van der Waals surface area (Å²) in [5, 5.41) is 14.9. The van der Waals surface area contributed by atoms with Crippen LogP contribution in [-0.4, -0.2) is 33.5 Å². The fraction of sp³-hybridized carbons (Fsp3) is 0.200. The molecule has 120 valence electrons. The van der Waals surface area contributed by atoms with E-state index < -0.39 is 5.97 Å². The van der Waals surface area contributed by atoms with Crippen LogP contribution in [0.15, 0.2) is 36.7 Å². The zero-order chi connectivity index (χ0) is 16.7. The van der Waals surface area contributed by atoms with Crippen molar-refractivity contribution in [3.63, 3.8) is 0 Å². The molecule has 0 fully saturated rings. The molecular formula is C15H15ClN4O3. The van der Waals surface area contributed by atoms with Crippen LogP contribution >= 0.6 is 11.6 Å². The minimum absolute atomic E-state index is 0.143. The summed E-state index contributed by atoms with van der Waals surface area (Å²) in [6.45, 7) is 0.568. The monoisotopic (exact) mass is 334 g/mol. The smallest absolute Gasteiger partial charge is 0.335 e. The molecule has 3 N–H and O–H groups in total. The number of carboxylic acid groups (broad SMARTS) is 1. The van der Waals surface area contributed by atoms with Gasteiger partial charge in [0.05, 0.1) is 5.56 Å². The van der Waals surface area contributed by atoms with Gasteiger partial charge in [-0.3, -0.25) is 4.79 Å². The summed E-state index contributed by atoms with van der Waals surface area (Å²) in [4.78, 5) is 30.3. The van der Waals surface area contributed by atoms with Gasteiger partial charge in [-0.2, -0.15) is 0 Å². The third-order valence-electron chi connectivity index (χ3n) is 2.94. The summed E-state index contributed by atoms with van der Waals surface area (Å²) >= 11 is 5.74. The first-order valence-corrected chi connectivity index (χ1v) is 7.27. The predicted octanol–water partition coefficient (Wildman–Crippen LogP) is 2.66. The number of anilines is 2. The molecule has 23 heavy (non-hydrogen) atoms. The third kappa shape index (κ3) is 5.55. The van der Waals surface area contributed by atoms with Crippen LogP contribution in [0.5, 0.6) is 0 Å². The quantitative estimate of drug-likeness (QED) is 0.531. The number of nitrogens with one attached hydrogen (secondary N) is 2. The molecule has 2 rings (SSSR count). The summed E-state index contributed by atoms with van der Waals surface area (Å²) in [6.07, 6.45) is 2.30. The van der Waals surface area contributed by atoms with Crippen molar-refractivity contribution in [2.75, 3.05) is 17.2 Å². The van der Waals surface area contributed by atoms with Gasteiger partial charge < -0.3 is 15.7 Å². The van der Waals surface area contributed by atoms with Crippen LogP contribution in [0.1, 0.15) is 23.2 Å². The Morgan fingerprint density at radius 1 is 1.17 bits per heavy atom. The highest BCUT2D eigenvalue weighted by atomic mass is 35.5. The summed E-state index contributed by atoms with van der Waals surface area (Å²) in [5.41, 5.74) is 0.742. The van der Waals surface area contributed by atoms with E-state index >= 15 is 0 Å². The number of aromatic carboxylic acids is 1. The van der Waals surface area contributed by atoms with Crippen molar-refractivity contribution in [3.05, 3.63) is 47.4 Å². The van der Waals surface area contributed by atoms with Gasteiger partial charge >= 0.3 is 5.97 Å². The zero-order valence-electron chi connectivity index (χ0n) is 12.1. The summed E-state index contributed by atoms with van der Waals surface area (Å²) in [6, 6.07) is 7.60. The first kappa shape index (κ1) is 16.7. The van der Waals surface area contributed by atoms with Gasteiger partial charge in [0.2, 0.25) is 5.91 Å². The number of carbonyl (C=O) groups is 2. The Kier molecular flexibility index (Phi) is 5.87. The Labute approximate surface area is 137 Å². The highest BCUT2D eigenvalue weighted by Crippen LogP contribution is 2.11. The number of hydrogen-bond donors (Lipinski definition) is 3. The average molecular weight is 335 g/mol. The average Bonchev–Trinajstić information content (AvgIpc) is 2.52. The van der Waals surface area contributed by atoms with E-state index in [1.54, 1.807) is 18.2 Å². The number of halogens is 1. The molecule has 2 aromatic rings. The van der Waals surface area contributed by atoms with E-state index in [9.17, 15) is 9.59 Å². The molecule has 0 spiro atoms. The Morgan fingerprint density at radius 2 is 1.91 bits per heavy atom. The van der Waals surface area contributed by atoms with E-state index in [4.69, 9.17) is 16.7 Å². The minimum atomic E-state index is -1.00. The lowest BCUT2D eigenvalue weighted by atomic mass is 10.2. The van der Waals surface area contributed by atoms with E-state index in [-0.39, 0.29) is 11.5 Å². The second kappa shape index (κ2) is 8.09. The summed E-state index contributed by atoms with van der Waals surface area (Å²) in [5.74, 6) is -0.538. The number of hydrogen-bond acceptors (Lipinski definition) is 5. The molecule has 0 saturated heterocycles. The Balaban J connectivity index is 1.71. The maximum atomic E-state index is 11.8. The lowest BCUT2D eigenvalue weighted by molar-refractivity contribution is -0.116. The van der Waals surface area contributed by atoms with E-state index in [1.807, 2.05) is 0 Å². The maximum Gasteiger partial charge on any atom is 0.335 e. The van der Waals surface area contributed by atoms with Gasteiger partial charge in [0.15, 0.2) is 0 Å². The van der Waals surface area contributed by atoms with Crippen LogP contribution in [0.25, 0.3) is 0 Å². The molecule has 8 heteroatoms. The van der Waals surface area contributed by atoms with E-state index in [0.717, 1.165) is 0 Å². The van der Waals surface area contributed by atoms with Crippen molar-refractivity contribution in [2.45, 2.75) is 12.8 Å². The molecule has 0 bridgehead atoms. The molecule has 1 aromatic heterocycles. The van der Waals surface area contributed by atoms with Crippen molar-refractivity contribution >= 4 is 35.0 Å². The molecule has 0 aliphatic carbocycles. The highest BCUT2D eigenvalue weighted by Gasteiger charge is 2.05. The molecule has 0 aliphatic rings. The normalized spacial score (nSPS) is 10.1. The lowest BCUT2D eigenvalue weighted by Gasteiger charge is -2.07. The first-order chi connectivity index (χ1) is 11.0. The summed E-state index contributed by atoms with van der Waals surface area (Å²) < 4.78 is 0. The molecule has 0 unspecified atom stereocenters. The molecule has 0 saturated carbocycles. The van der Waals surface area contributed by atoms with Crippen LogP contribution in [0.2, 0.25) is 5.15 Å². The number of aromatic nitrogens is 2. The largest absolute Gasteiger partial charge is 0.478 e. The van der Waals surface area contributed by atoms with Crippen molar-refractivity contribution in [1.29, 1.82) is 0 Å². The second-order valence-corrected chi connectivity index (χ2v) is 5.07. The van der Waals surface area contributed by atoms with E-state index in [2.05, 4.69) is 20.6 Å². The van der Waals surface area contributed by atoms with Gasteiger partial charge in [-0.05, 0) is 30.7 Å². The van der Waals surface area contributed by atoms with Crippen molar-refractivity contribution in [3.8, 4) is 0 Å². The fourth-order valence-corrected chi connectivity index (χ4v) is 1.96. The van der Waals surface area contributed by atoms with Gasteiger partial charge in [-0.1, -0.05) is 11.6 Å². The number of rotatable bonds is 7. The van der Waals surface area contributed by atoms with Gasteiger partial charge in [-0.25, -0.2) is 14.8 Å².